The summed E-state index contributed by atoms with van der Waals surface area (Å²) < 4.78 is 43.2. The number of halogens is 3. The van der Waals surface area contributed by atoms with Crippen LogP contribution < -0.4 is 5.32 Å². The molecule has 1 fully saturated rings. The van der Waals surface area contributed by atoms with Crippen molar-refractivity contribution in [3.63, 3.8) is 0 Å². The number of aliphatic hydroxyl groups excluding tert-OH is 1. The third-order valence-electron chi connectivity index (χ3n) is 3.90. The minimum Gasteiger partial charge on any atom is -0.387 e. The third kappa shape index (κ3) is 4.43. The Labute approximate surface area is 122 Å². The van der Waals surface area contributed by atoms with Crippen molar-refractivity contribution in [1.82, 2.24) is 5.32 Å². The van der Waals surface area contributed by atoms with Gasteiger partial charge in [-0.25, -0.2) is 0 Å². The van der Waals surface area contributed by atoms with Crippen LogP contribution in [0.1, 0.15) is 30.6 Å². The molecule has 1 aromatic rings. The second-order valence-corrected chi connectivity index (χ2v) is 5.46. The molecule has 6 heteroatoms. The molecule has 0 saturated carbocycles. The standard InChI is InChI=1S/C15H20F3NO2/c1-10(12-5-6-21-9-12)19-8-14(20)11-3-2-4-13(7-11)15(16,17)18/h2-4,7,10,12,14,19-20H,5-6,8-9H2,1H3. The summed E-state index contributed by atoms with van der Waals surface area (Å²) in [4.78, 5) is 0. The first-order valence-electron chi connectivity index (χ1n) is 7.04. The molecule has 3 atom stereocenters. The quantitative estimate of drug-likeness (QED) is 0.879. The SMILES string of the molecule is CC(NCC(O)c1cccc(C(F)(F)F)c1)C1CCOC1. The van der Waals surface area contributed by atoms with E-state index in [-0.39, 0.29) is 18.2 Å². The highest BCUT2D eigenvalue weighted by molar-refractivity contribution is 5.27. The Morgan fingerprint density at radius 3 is 2.81 bits per heavy atom. The average molecular weight is 303 g/mol. The monoisotopic (exact) mass is 303 g/mol. The summed E-state index contributed by atoms with van der Waals surface area (Å²) in [6, 6.07) is 4.98. The van der Waals surface area contributed by atoms with Crippen LogP contribution in [0.15, 0.2) is 24.3 Å². The number of rotatable bonds is 5. The van der Waals surface area contributed by atoms with E-state index in [1.54, 1.807) is 0 Å². The van der Waals surface area contributed by atoms with Crippen molar-refractivity contribution in [2.24, 2.45) is 5.92 Å². The summed E-state index contributed by atoms with van der Waals surface area (Å²) in [5.41, 5.74) is -0.469. The molecule has 3 unspecified atom stereocenters. The molecule has 1 saturated heterocycles. The van der Waals surface area contributed by atoms with Crippen LogP contribution in [0.2, 0.25) is 0 Å². The molecule has 0 aromatic heterocycles. The minimum absolute atomic E-state index is 0.160. The van der Waals surface area contributed by atoms with Crippen molar-refractivity contribution in [2.45, 2.75) is 31.7 Å². The number of aliphatic hydroxyl groups is 1. The van der Waals surface area contributed by atoms with Crippen LogP contribution in [0.5, 0.6) is 0 Å². The highest BCUT2D eigenvalue weighted by atomic mass is 19.4. The van der Waals surface area contributed by atoms with Gasteiger partial charge in [-0.3, -0.25) is 0 Å². The van der Waals surface area contributed by atoms with Crippen molar-refractivity contribution in [3.05, 3.63) is 35.4 Å². The van der Waals surface area contributed by atoms with Crippen molar-refractivity contribution >= 4 is 0 Å². The van der Waals surface area contributed by atoms with Gasteiger partial charge in [0.25, 0.3) is 0 Å². The fraction of sp³-hybridized carbons (Fsp3) is 0.600. The normalized spacial score (nSPS) is 22.2. The topological polar surface area (TPSA) is 41.5 Å². The van der Waals surface area contributed by atoms with Gasteiger partial charge in [0, 0.05) is 19.2 Å². The zero-order valence-electron chi connectivity index (χ0n) is 11.9. The number of benzene rings is 1. The molecule has 1 aliphatic rings. The van der Waals surface area contributed by atoms with E-state index < -0.39 is 17.8 Å². The van der Waals surface area contributed by atoms with Crippen LogP contribution in [0.25, 0.3) is 0 Å². The molecule has 0 aliphatic carbocycles. The van der Waals surface area contributed by atoms with Crippen molar-refractivity contribution < 1.29 is 23.0 Å². The molecular formula is C15H20F3NO2. The number of hydrogen-bond acceptors (Lipinski definition) is 3. The van der Waals surface area contributed by atoms with Gasteiger partial charge in [-0.05, 0) is 37.0 Å². The van der Waals surface area contributed by atoms with Gasteiger partial charge in [0.05, 0.1) is 18.3 Å². The minimum atomic E-state index is -4.39. The molecule has 118 valence electrons. The number of ether oxygens (including phenoxy) is 1. The van der Waals surface area contributed by atoms with Gasteiger partial charge in [-0.15, -0.1) is 0 Å². The predicted molar refractivity (Wildman–Crippen MR) is 72.8 cm³/mol. The molecule has 0 radical (unpaired) electrons. The van der Waals surface area contributed by atoms with E-state index in [4.69, 9.17) is 4.74 Å². The molecule has 3 nitrogen and oxygen atoms in total. The smallest absolute Gasteiger partial charge is 0.387 e. The number of hydrogen-bond donors (Lipinski definition) is 2. The van der Waals surface area contributed by atoms with E-state index in [1.165, 1.54) is 12.1 Å². The summed E-state index contributed by atoms with van der Waals surface area (Å²) in [5.74, 6) is 0.388. The zero-order chi connectivity index (χ0) is 15.5. The van der Waals surface area contributed by atoms with Crippen LogP contribution in [0, 0.1) is 5.92 Å². The summed E-state index contributed by atoms with van der Waals surface area (Å²) in [5, 5.41) is 13.2. The first kappa shape index (κ1) is 16.3. The van der Waals surface area contributed by atoms with Crippen molar-refractivity contribution in [1.29, 1.82) is 0 Å². The van der Waals surface area contributed by atoms with Gasteiger partial charge in [-0.1, -0.05) is 12.1 Å². The van der Waals surface area contributed by atoms with Gasteiger partial charge in [0.2, 0.25) is 0 Å². The van der Waals surface area contributed by atoms with Crippen LogP contribution >= 0.6 is 0 Å². The Kier molecular flexibility index (Phi) is 5.24. The maximum absolute atomic E-state index is 12.6. The lowest BCUT2D eigenvalue weighted by molar-refractivity contribution is -0.137. The Bertz CT molecular complexity index is 458. The van der Waals surface area contributed by atoms with E-state index in [0.717, 1.165) is 25.2 Å². The van der Waals surface area contributed by atoms with Gasteiger partial charge in [-0.2, -0.15) is 13.2 Å². The lowest BCUT2D eigenvalue weighted by Gasteiger charge is -2.21. The van der Waals surface area contributed by atoms with E-state index >= 15 is 0 Å². The summed E-state index contributed by atoms with van der Waals surface area (Å²) in [7, 11) is 0. The molecule has 2 rings (SSSR count). The third-order valence-corrected chi connectivity index (χ3v) is 3.90. The van der Waals surface area contributed by atoms with Crippen LogP contribution in [0.3, 0.4) is 0 Å². The average Bonchev–Trinajstić information content (AvgIpc) is 2.98. The lowest BCUT2D eigenvalue weighted by Crippen LogP contribution is -2.36. The van der Waals surface area contributed by atoms with Gasteiger partial charge in [0.15, 0.2) is 0 Å². The maximum Gasteiger partial charge on any atom is 0.416 e. The number of nitrogens with one attached hydrogen (secondary N) is 1. The highest BCUT2D eigenvalue weighted by Gasteiger charge is 2.31. The first-order chi connectivity index (χ1) is 9.88. The molecular weight excluding hydrogens is 283 g/mol. The molecule has 21 heavy (non-hydrogen) atoms. The Balaban J connectivity index is 1.92. The van der Waals surface area contributed by atoms with E-state index in [0.29, 0.717) is 12.5 Å². The second-order valence-electron chi connectivity index (χ2n) is 5.46. The summed E-state index contributed by atoms with van der Waals surface area (Å²) in [6.45, 7) is 3.65. The van der Waals surface area contributed by atoms with Crippen molar-refractivity contribution in [3.8, 4) is 0 Å². The maximum atomic E-state index is 12.6. The molecule has 1 aromatic carbocycles. The van der Waals surface area contributed by atoms with Crippen LogP contribution in [0.4, 0.5) is 13.2 Å². The van der Waals surface area contributed by atoms with E-state index in [1.807, 2.05) is 6.92 Å². The molecule has 2 N–H and O–H groups in total. The second kappa shape index (κ2) is 6.77. The highest BCUT2D eigenvalue weighted by Crippen LogP contribution is 2.30. The first-order valence-corrected chi connectivity index (χ1v) is 7.04. The molecule has 1 heterocycles. The largest absolute Gasteiger partial charge is 0.416 e. The van der Waals surface area contributed by atoms with Crippen molar-refractivity contribution in [2.75, 3.05) is 19.8 Å². The molecule has 0 amide bonds. The van der Waals surface area contributed by atoms with Crippen LogP contribution in [-0.4, -0.2) is 30.9 Å². The van der Waals surface area contributed by atoms with Gasteiger partial charge in [0.1, 0.15) is 0 Å². The lowest BCUT2D eigenvalue weighted by atomic mass is 10.00. The Hall–Kier alpha value is -1.11. The fourth-order valence-corrected chi connectivity index (χ4v) is 2.45. The molecule has 0 spiro atoms. The predicted octanol–water partition coefficient (Wildman–Crippen LogP) is 2.75. The van der Waals surface area contributed by atoms with Gasteiger partial charge < -0.3 is 15.2 Å². The fourth-order valence-electron chi connectivity index (χ4n) is 2.45. The zero-order valence-corrected chi connectivity index (χ0v) is 11.9. The summed E-state index contributed by atoms with van der Waals surface area (Å²) >= 11 is 0. The molecule has 1 aliphatic heterocycles. The Morgan fingerprint density at radius 2 is 2.19 bits per heavy atom. The van der Waals surface area contributed by atoms with Gasteiger partial charge >= 0.3 is 6.18 Å². The molecule has 0 bridgehead atoms. The number of alkyl halides is 3. The van der Waals surface area contributed by atoms with E-state index in [2.05, 4.69) is 5.32 Å². The summed E-state index contributed by atoms with van der Waals surface area (Å²) in [6.07, 6.45) is -4.39. The Morgan fingerprint density at radius 1 is 1.43 bits per heavy atom. The van der Waals surface area contributed by atoms with E-state index in [9.17, 15) is 18.3 Å². The van der Waals surface area contributed by atoms with Crippen LogP contribution in [-0.2, 0) is 10.9 Å².